The van der Waals surface area contributed by atoms with E-state index in [-0.39, 0.29) is 17.7 Å². The lowest BCUT2D eigenvalue weighted by Gasteiger charge is -2.19. The first-order valence-electron chi connectivity index (χ1n) is 7.69. The number of carbonyl (C=O) groups is 1. The minimum atomic E-state index is -3.23. The van der Waals surface area contributed by atoms with Crippen molar-refractivity contribution in [1.82, 2.24) is 9.62 Å². The zero-order valence-corrected chi connectivity index (χ0v) is 14.2. The second-order valence-corrected chi connectivity index (χ2v) is 7.81. The van der Waals surface area contributed by atoms with Crippen molar-refractivity contribution in [2.24, 2.45) is 0 Å². The van der Waals surface area contributed by atoms with Crippen LogP contribution in [0.2, 0.25) is 0 Å². The van der Waals surface area contributed by atoms with Gasteiger partial charge in [0.1, 0.15) is 0 Å². The van der Waals surface area contributed by atoms with Gasteiger partial charge in [0.05, 0.1) is 5.75 Å². The van der Waals surface area contributed by atoms with Crippen molar-refractivity contribution >= 4 is 15.9 Å². The van der Waals surface area contributed by atoms with Crippen LogP contribution in [0.3, 0.4) is 0 Å². The molecule has 1 aromatic carbocycles. The van der Waals surface area contributed by atoms with E-state index >= 15 is 0 Å². The molecule has 0 bridgehead atoms. The number of hydrogen-bond donors (Lipinski definition) is 1. The molecule has 1 atom stereocenters. The summed E-state index contributed by atoms with van der Waals surface area (Å²) >= 11 is 0. The van der Waals surface area contributed by atoms with E-state index in [1.165, 1.54) is 0 Å². The van der Waals surface area contributed by atoms with Crippen LogP contribution in [0.25, 0.3) is 0 Å². The maximum atomic E-state index is 12.7. The fourth-order valence-electron chi connectivity index (χ4n) is 2.93. The Morgan fingerprint density at radius 3 is 2.55 bits per heavy atom. The summed E-state index contributed by atoms with van der Waals surface area (Å²) in [7, 11) is -3.23. The van der Waals surface area contributed by atoms with Crippen LogP contribution in [0.4, 0.5) is 0 Å². The van der Waals surface area contributed by atoms with Crippen LogP contribution >= 0.6 is 0 Å². The lowest BCUT2D eigenvalue weighted by molar-refractivity contribution is 0.0788. The summed E-state index contributed by atoms with van der Waals surface area (Å²) in [5.74, 6) is 0.127. The molecular formula is C16H24N2O3S. The summed E-state index contributed by atoms with van der Waals surface area (Å²) in [6.07, 6.45) is 1.26. The van der Waals surface area contributed by atoms with Gasteiger partial charge in [-0.05, 0) is 37.8 Å². The highest BCUT2D eigenvalue weighted by Gasteiger charge is 2.30. The molecule has 1 N–H and O–H groups in total. The number of hydrogen-bond acceptors (Lipinski definition) is 3. The molecule has 0 saturated carbocycles. The maximum absolute atomic E-state index is 12.7. The van der Waals surface area contributed by atoms with Gasteiger partial charge in [-0.2, -0.15) is 0 Å². The topological polar surface area (TPSA) is 66.5 Å². The number of sulfonamides is 1. The normalized spacial score (nSPS) is 18.7. The van der Waals surface area contributed by atoms with Crippen molar-refractivity contribution in [3.8, 4) is 0 Å². The lowest BCUT2D eigenvalue weighted by atomic mass is 10.0. The van der Waals surface area contributed by atoms with E-state index in [1.807, 2.05) is 39.0 Å². The summed E-state index contributed by atoms with van der Waals surface area (Å²) in [5.41, 5.74) is 2.65. The highest BCUT2D eigenvalue weighted by atomic mass is 32.2. The summed E-state index contributed by atoms with van der Waals surface area (Å²) in [4.78, 5) is 14.4. The number of likely N-dealkylation sites (tertiary alicyclic amines) is 1. The van der Waals surface area contributed by atoms with E-state index in [0.717, 1.165) is 16.7 Å². The van der Waals surface area contributed by atoms with Gasteiger partial charge in [0.2, 0.25) is 10.0 Å². The van der Waals surface area contributed by atoms with Crippen LogP contribution < -0.4 is 4.72 Å². The first kappa shape index (κ1) is 17.0. The number of aryl methyl sites for hydroxylation is 2. The molecule has 0 unspecified atom stereocenters. The number of nitrogens with zero attached hydrogens (tertiary/aromatic N) is 1. The Kier molecular flexibility index (Phi) is 5.24. The van der Waals surface area contributed by atoms with Crippen molar-refractivity contribution in [3.05, 3.63) is 34.9 Å². The number of rotatable bonds is 5. The van der Waals surface area contributed by atoms with Crippen LogP contribution in [-0.2, 0) is 10.0 Å². The van der Waals surface area contributed by atoms with Gasteiger partial charge in [-0.25, -0.2) is 13.1 Å². The van der Waals surface area contributed by atoms with Gasteiger partial charge in [0.25, 0.3) is 5.91 Å². The average Bonchev–Trinajstić information content (AvgIpc) is 2.85. The van der Waals surface area contributed by atoms with Crippen LogP contribution in [0.1, 0.15) is 41.3 Å². The van der Waals surface area contributed by atoms with Crippen molar-refractivity contribution in [3.63, 3.8) is 0 Å². The van der Waals surface area contributed by atoms with Gasteiger partial charge in [-0.15, -0.1) is 0 Å². The highest BCUT2D eigenvalue weighted by Crippen LogP contribution is 2.19. The largest absolute Gasteiger partial charge is 0.337 e. The summed E-state index contributed by atoms with van der Waals surface area (Å²) in [6, 6.07) is 5.62. The van der Waals surface area contributed by atoms with Crippen LogP contribution in [0, 0.1) is 13.8 Å². The van der Waals surface area contributed by atoms with Gasteiger partial charge in [0, 0.05) is 24.7 Å². The number of carbonyl (C=O) groups excluding carboxylic acids is 1. The molecule has 1 amide bonds. The molecule has 0 spiro atoms. The minimum Gasteiger partial charge on any atom is -0.337 e. The first-order chi connectivity index (χ1) is 10.3. The zero-order valence-electron chi connectivity index (χ0n) is 13.4. The van der Waals surface area contributed by atoms with E-state index in [0.29, 0.717) is 25.9 Å². The van der Waals surface area contributed by atoms with E-state index in [1.54, 1.807) is 4.90 Å². The quantitative estimate of drug-likeness (QED) is 0.899. The van der Waals surface area contributed by atoms with E-state index in [2.05, 4.69) is 4.72 Å². The first-order valence-corrected chi connectivity index (χ1v) is 9.34. The number of nitrogens with one attached hydrogen (secondary N) is 1. The van der Waals surface area contributed by atoms with Crippen LogP contribution in [0.15, 0.2) is 18.2 Å². The Balaban J connectivity index is 2.06. The fourth-order valence-corrected chi connectivity index (χ4v) is 4.29. The second kappa shape index (κ2) is 6.79. The molecule has 5 nitrogen and oxygen atoms in total. The number of benzene rings is 1. The Labute approximate surface area is 132 Å². The van der Waals surface area contributed by atoms with Crippen molar-refractivity contribution in [1.29, 1.82) is 0 Å². The average molecular weight is 324 g/mol. The zero-order chi connectivity index (χ0) is 16.3. The third kappa shape index (κ3) is 3.87. The molecule has 22 heavy (non-hydrogen) atoms. The number of amides is 1. The molecule has 1 aliphatic heterocycles. The van der Waals surface area contributed by atoms with Crippen molar-refractivity contribution in [2.75, 3.05) is 18.8 Å². The molecule has 2 rings (SSSR count). The Morgan fingerprint density at radius 1 is 1.32 bits per heavy atom. The summed E-state index contributed by atoms with van der Waals surface area (Å²) < 4.78 is 26.4. The molecule has 0 aliphatic carbocycles. The Bertz CT molecular complexity index is 635. The van der Waals surface area contributed by atoms with Gasteiger partial charge in [-0.1, -0.05) is 25.1 Å². The third-order valence-corrected chi connectivity index (χ3v) is 5.63. The standard InChI is InChI=1S/C16H24N2O3S/c1-4-10-22(20,21)17-14-8-9-18(11-14)16(19)15-12(2)6-5-7-13(15)3/h5-7,14,17H,4,8-11H2,1-3H3/t14-/m1/s1. The molecule has 6 heteroatoms. The fraction of sp³-hybridized carbons (Fsp3) is 0.562. The van der Waals surface area contributed by atoms with Gasteiger partial charge < -0.3 is 4.90 Å². The molecule has 1 heterocycles. The molecule has 1 fully saturated rings. The third-order valence-electron chi connectivity index (χ3n) is 3.99. The molecule has 1 aromatic rings. The maximum Gasteiger partial charge on any atom is 0.254 e. The van der Waals surface area contributed by atoms with E-state index in [4.69, 9.17) is 0 Å². The molecule has 122 valence electrons. The van der Waals surface area contributed by atoms with E-state index < -0.39 is 10.0 Å². The predicted molar refractivity (Wildman–Crippen MR) is 87.4 cm³/mol. The monoisotopic (exact) mass is 324 g/mol. The predicted octanol–water partition coefficient (Wildman–Crippen LogP) is 1.85. The lowest BCUT2D eigenvalue weighted by Crippen LogP contribution is -2.39. The highest BCUT2D eigenvalue weighted by molar-refractivity contribution is 7.89. The van der Waals surface area contributed by atoms with Gasteiger partial charge in [-0.3, -0.25) is 4.79 Å². The second-order valence-electron chi connectivity index (χ2n) is 5.94. The summed E-state index contributed by atoms with van der Waals surface area (Å²) in [5, 5.41) is 0. The molecule has 1 aliphatic rings. The van der Waals surface area contributed by atoms with E-state index in [9.17, 15) is 13.2 Å². The van der Waals surface area contributed by atoms with Crippen LogP contribution in [-0.4, -0.2) is 44.1 Å². The Morgan fingerprint density at radius 2 is 1.95 bits per heavy atom. The van der Waals surface area contributed by atoms with Gasteiger partial charge in [0.15, 0.2) is 0 Å². The Hall–Kier alpha value is -1.40. The van der Waals surface area contributed by atoms with Crippen LogP contribution in [0.5, 0.6) is 0 Å². The molecular weight excluding hydrogens is 300 g/mol. The van der Waals surface area contributed by atoms with Gasteiger partial charge >= 0.3 is 0 Å². The molecule has 1 saturated heterocycles. The SMILES string of the molecule is CCCS(=O)(=O)N[C@@H]1CCN(C(=O)c2c(C)cccc2C)C1. The molecule has 0 radical (unpaired) electrons. The smallest absolute Gasteiger partial charge is 0.254 e. The molecule has 0 aromatic heterocycles. The summed E-state index contributed by atoms with van der Waals surface area (Å²) in [6.45, 7) is 6.72. The van der Waals surface area contributed by atoms with Crippen molar-refractivity contribution in [2.45, 2.75) is 39.7 Å². The minimum absolute atomic E-state index is 0.00668. The van der Waals surface area contributed by atoms with Crippen molar-refractivity contribution < 1.29 is 13.2 Å².